The molecule has 2 rings (SSSR count). The molecule has 0 unspecified atom stereocenters. The summed E-state index contributed by atoms with van der Waals surface area (Å²) in [6.07, 6.45) is -3.09. The molecular formula is C8H4ClF3N2. The van der Waals surface area contributed by atoms with Crippen molar-refractivity contribution in [3.8, 4) is 0 Å². The molecule has 1 aromatic carbocycles. The van der Waals surface area contributed by atoms with Gasteiger partial charge in [-0.15, -0.1) is 0 Å². The van der Waals surface area contributed by atoms with Crippen LogP contribution in [0.4, 0.5) is 13.2 Å². The maximum absolute atomic E-state index is 12.3. The summed E-state index contributed by atoms with van der Waals surface area (Å²) in [4.78, 5) is 3.72. The maximum Gasteiger partial charge on any atom is 0.416 e. The average molecular weight is 221 g/mol. The predicted octanol–water partition coefficient (Wildman–Crippen LogP) is 3.06. The van der Waals surface area contributed by atoms with Gasteiger partial charge in [-0.05, 0) is 18.2 Å². The lowest BCUT2D eigenvalue weighted by molar-refractivity contribution is -0.137. The molecule has 0 saturated heterocycles. The first-order valence-electron chi connectivity index (χ1n) is 3.69. The normalized spacial score (nSPS) is 12.3. The fraction of sp³-hybridized carbons (Fsp3) is 0.125. The Labute approximate surface area is 82.0 Å². The van der Waals surface area contributed by atoms with Crippen LogP contribution < -0.4 is 0 Å². The molecule has 74 valence electrons. The second-order valence-electron chi connectivity index (χ2n) is 2.76. The third-order valence-corrected chi connectivity index (χ3v) is 2.10. The van der Waals surface area contributed by atoms with E-state index in [4.69, 9.17) is 11.8 Å². The largest absolute Gasteiger partial charge is 0.416 e. The molecule has 6 heteroatoms. The molecule has 0 aliphatic carbocycles. The Kier molecular flexibility index (Phi) is 1.92. The molecule has 0 N–H and O–H groups in total. The van der Waals surface area contributed by atoms with Crippen molar-refractivity contribution in [1.29, 1.82) is 0 Å². The Hall–Kier alpha value is -1.23. The van der Waals surface area contributed by atoms with Gasteiger partial charge in [-0.3, -0.25) is 0 Å². The van der Waals surface area contributed by atoms with Crippen LogP contribution in [0.2, 0.25) is 0 Å². The average Bonchev–Trinajstić information content (AvgIpc) is 2.46. The second-order valence-corrected chi connectivity index (χ2v) is 3.12. The molecule has 2 aromatic rings. The van der Waals surface area contributed by atoms with Crippen LogP contribution in [0.3, 0.4) is 0 Å². The van der Waals surface area contributed by atoms with E-state index >= 15 is 0 Å². The van der Waals surface area contributed by atoms with E-state index in [1.165, 1.54) is 12.4 Å². The van der Waals surface area contributed by atoms with Crippen LogP contribution in [0.15, 0.2) is 24.5 Å². The number of rotatable bonds is 0. The van der Waals surface area contributed by atoms with E-state index in [0.717, 1.165) is 16.2 Å². The molecule has 0 fully saturated rings. The Morgan fingerprint density at radius 2 is 2.00 bits per heavy atom. The van der Waals surface area contributed by atoms with Crippen molar-refractivity contribution in [1.82, 2.24) is 9.07 Å². The highest BCUT2D eigenvalue weighted by molar-refractivity contribution is 6.18. The van der Waals surface area contributed by atoms with Gasteiger partial charge in [-0.1, -0.05) is 0 Å². The lowest BCUT2D eigenvalue weighted by Crippen LogP contribution is -2.04. The van der Waals surface area contributed by atoms with Crippen molar-refractivity contribution < 1.29 is 13.2 Å². The molecule has 0 saturated carbocycles. The first-order valence-corrected chi connectivity index (χ1v) is 4.03. The summed E-state index contributed by atoms with van der Waals surface area (Å²) in [6, 6.07) is 3.23. The summed E-state index contributed by atoms with van der Waals surface area (Å²) < 4.78 is 37.9. The second kappa shape index (κ2) is 2.88. The van der Waals surface area contributed by atoms with Crippen LogP contribution in [-0.2, 0) is 6.18 Å². The van der Waals surface area contributed by atoms with E-state index in [1.807, 2.05) is 0 Å². The number of imidazole rings is 1. The first kappa shape index (κ1) is 9.33. The molecule has 1 heterocycles. The Morgan fingerprint density at radius 3 is 2.64 bits per heavy atom. The smallest absolute Gasteiger partial charge is 0.241 e. The van der Waals surface area contributed by atoms with Gasteiger partial charge < -0.3 is 0 Å². The van der Waals surface area contributed by atoms with Crippen LogP contribution in [0.25, 0.3) is 11.0 Å². The zero-order chi connectivity index (χ0) is 10.3. The maximum atomic E-state index is 12.3. The number of benzene rings is 1. The summed E-state index contributed by atoms with van der Waals surface area (Å²) in [5.74, 6) is 0. The Bertz CT molecular complexity index is 475. The van der Waals surface area contributed by atoms with Crippen molar-refractivity contribution in [3.05, 3.63) is 30.1 Å². The van der Waals surface area contributed by atoms with Gasteiger partial charge in [0.05, 0.1) is 16.6 Å². The monoisotopic (exact) mass is 220 g/mol. The Balaban J connectivity index is 2.63. The zero-order valence-corrected chi connectivity index (χ0v) is 7.47. The van der Waals surface area contributed by atoms with Crippen LogP contribution in [0.1, 0.15) is 5.56 Å². The van der Waals surface area contributed by atoms with Crippen molar-refractivity contribution >= 4 is 22.8 Å². The molecule has 0 radical (unpaired) electrons. The molecular weight excluding hydrogens is 217 g/mol. The minimum atomic E-state index is -4.34. The summed E-state index contributed by atoms with van der Waals surface area (Å²) in [5.41, 5.74) is -0.0325. The highest BCUT2D eigenvalue weighted by atomic mass is 35.5. The van der Waals surface area contributed by atoms with E-state index in [0.29, 0.717) is 5.52 Å². The first-order chi connectivity index (χ1) is 6.48. The molecule has 0 bridgehead atoms. The summed E-state index contributed by atoms with van der Waals surface area (Å²) >= 11 is 5.61. The molecule has 1 aromatic heterocycles. The van der Waals surface area contributed by atoms with Crippen molar-refractivity contribution in [2.75, 3.05) is 0 Å². The molecule has 2 nitrogen and oxygen atoms in total. The number of hydrogen-bond acceptors (Lipinski definition) is 1. The molecule has 0 atom stereocenters. The number of alkyl halides is 3. The van der Waals surface area contributed by atoms with E-state index in [1.54, 1.807) is 0 Å². The Morgan fingerprint density at radius 1 is 1.29 bits per heavy atom. The fourth-order valence-electron chi connectivity index (χ4n) is 1.16. The molecule has 0 aliphatic heterocycles. The third-order valence-electron chi connectivity index (χ3n) is 1.83. The van der Waals surface area contributed by atoms with E-state index in [-0.39, 0.29) is 5.52 Å². The van der Waals surface area contributed by atoms with Crippen molar-refractivity contribution in [3.63, 3.8) is 0 Å². The van der Waals surface area contributed by atoms with Gasteiger partial charge in [0.1, 0.15) is 6.33 Å². The SMILES string of the molecule is FC(F)(F)c1ccc2c(c1)ncn2Cl. The van der Waals surface area contributed by atoms with Crippen LogP contribution >= 0.6 is 11.8 Å². The van der Waals surface area contributed by atoms with Crippen LogP contribution in [0, 0.1) is 0 Å². The van der Waals surface area contributed by atoms with Gasteiger partial charge in [0, 0.05) is 11.8 Å². The van der Waals surface area contributed by atoms with E-state index in [2.05, 4.69) is 4.98 Å². The summed E-state index contributed by atoms with van der Waals surface area (Å²) in [6.45, 7) is 0. The molecule has 0 aliphatic rings. The van der Waals surface area contributed by atoms with Gasteiger partial charge in [0.25, 0.3) is 0 Å². The topological polar surface area (TPSA) is 17.8 Å². The quantitative estimate of drug-likeness (QED) is 0.667. The van der Waals surface area contributed by atoms with Crippen molar-refractivity contribution in [2.24, 2.45) is 0 Å². The molecule has 0 spiro atoms. The van der Waals surface area contributed by atoms with Crippen LogP contribution in [0.5, 0.6) is 0 Å². The predicted molar refractivity (Wildman–Crippen MR) is 46.0 cm³/mol. The van der Waals surface area contributed by atoms with Gasteiger partial charge in [0.2, 0.25) is 0 Å². The number of aromatic nitrogens is 2. The highest BCUT2D eigenvalue weighted by Crippen LogP contribution is 2.31. The van der Waals surface area contributed by atoms with E-state index in [9.17, 15) is 13.2 Å². The number of nitrogens with zero attached hydrogens (tertiary/aromatic N) is 2. The molecule has 0 amide bonds. The van der Waals surface area contributed by atoms with Gasteiger partial charge in [-0.2, -0.15) is 13.2 Å². The minimum absolute atomic E-state index is 0.231. The van der Waals surface area contributed by atoms with Gasteiger partial charge >= 0.3 is 6.18 Å². The number of halogens is 4. The lowest BCUT2D eigenvalue weighted by atomic mass is 10.2. The van der Waals surface area contributed by atoms with Gasteiger partial charge in [0.15, 0.2) is 0 Å². The minimum Gasteiger partial charge on any atom is -0.241 e. The van der Waals surface area contributed by atoms with Crippen LogP contribution in [-0.4, -0.2) is 9.07 Å². The van der Waals surface area contributed by atoms with Gasteiger partial charge in [-0.25, -0.2) is 9.07 Å². The zero-order valence-electron chi connectivity index (χ0n) is 6.72. The number of fused-ring (bicyclic) bond motifs is 1. The third kappa shape index (κ3) is 1.43. The highest BCUT2D eigenvalue weighted by Gasteiger charge is 2.30. The summed E-state index contributed by atoms with van der Waals surface area (Å²) in [5, 5.41) is 0. The lowest BCUT2D eigenvalue weighted by Gasteiger charge is -2.05. The standard InChI is InChI=1S/C8H4ClF3N2/c9-14-4-13-6-3-5(8(10,11)12)1-2-7(6)14/h1-4H. The number of hydrogen-bond donors (Lipinski definition) is 0. The fourth-order valence-corrected chi connectivity index (χ4v) is 1.35. The van der Waals surface area contributed by atoms with E-state index < -0.39 is 11.7 Å². The summed E-state index contributed by atoms with van der Waals surface area (Å²) in [7, 11) is 0. The molecule has 14 heavy (non-hydrogen) atoms. The van der Waals surface area contributed by atoms with Crippen molar-refractivity contribution in [2.45, 2.75) is 6.18 Å².